The zero-order chi connectivity index (χ0) is 17.2. The first-order valence-corrected chi connectivity index (χ1v) is 8.00. The number of furan rings is 1. The Morgan fingerprint density at radius 2 is 2.24 bits per heavy atom. The van der Waals surface area contributed by atoms with Crippen LogP contribution in [0.3, 0.4) is 0 Å². The lowest BCUT2D eigenvalue weighted by Crippen LogP contribution is -2.38. The van der Waals surface area contributed by atoms with Gasteiger partial charge in [0.05, 0.1) is 25.0 Å². The number of nitrogens with zero attached hydrogens (tertiary/aromatic N) is 5. The van der Waals surface area contributed by atoms with Crippen molar-refractivity contribution in [1.29, 1.82) is 0 Å². The fourth-order valence-corrected chi connectivity index (χ4v) is 2.77. The lowest BCUT2D eigenvalue weighted by atomic mass is 10.2. The molecule has 0 spiro atoms. The first-order chi connectivity index (χ1) is 12.2. The average Bonchev–Trinajstić information content (AvgIpc) is 3.26. The van der Waals surface area contributed by atoms with E-state index >= 15 is 0 Å². The first-order valence-electron chi connectivity index (χ1n) is 8.00. The summed E-state index contributed by atoms with van der Waals surface area (Å²) in [6.07, 6.45) is 3.33. The predicted molar refractivity (Wildman–Crippen MR) is 86.8 cm³/mol. The van der Waals surface area contributed by atoms with Gasteiger partial charge in [0.25, 0.3) is 5.91 Å². The number of fused-ring (bicyclic) bond motifs is 1. The number of amides is 1. The second-order valence-corrected chi connectivity index (χ2v) is 5.82. The van der Waals surface area contributed by atoms with Crippen LogP contribution in [0, 0.1) is 6.92 Å². The number of aromatic nitrogens is 4. The highest BCUT2D eigenvalue weighted by Crippen LogP contribution is 2.19. The molecule has 0 saturated carbocycles. The molecule has 0 unspecified atom stereocenters. The molecular weight excluding hydrogens is 322 g/mol. The molecule has 1 aliphatic rings. The van der Waals surface area contributed by atoms with Crippen molar-refractivity contribution in [2.75, 3.05) is 6.54 Å². The number of carbonyl (C=O) groups excluding carboxylic acids is 1. The highest BCUT2D eigenvalue weighted by Gasteiger charge is 2.27. The van der Waals surface area contributed by atoms with Crippen molar-refractivity contribution in [3.8, 4) is 5.75 Å². The third-order valence-corrected chi connectivity index (χ3v) is 4.09. The third kappa shape index (κ3) is 3.10. The summed E-state index contributed by atoms with van der Waals surface area (Å²) in [6, 6.07) is 7.13. The van der Waals surface area contributed by atoms with Gasteiger partial charge < -0.3 is 14.1 Å². The number of hydrogen-bond acceptors (Lipinski definition) is 6. The minimum Gasteiger partial charge on any atom is -0.486 e. The summed E-state index contributed by atoms with van der Waals surface area (Å²) in [5.74, 6) is 1.61. The molecule has 128 valence electrons. The SMILES string of the molecule is Cc1ccc(C(=O)N2CCn3nnc(COc4cccnc4)c3C2)o1. The predicted octanol–water partition coefficient (Wildman–Crippen LogP) is 1.81. The number of aryl methyl sites for hydroxylation is 1. The molecule has 1 aliphatic heterocycles. The molecule has 0 saturated heterocycles. The second-order valence-electron chi connectivity index (χ2n) is 5.82. The Morgan fingerprint density at radius 3 is 3.00 bits per heavy atom. The van der Waals surface area contributed by atoms with E-state index in [0.29, 0.717) is 31.1 Å². The summed E-state index contributed by atoms with van der Waals surface area (Å²) in [5, 5.41) is 8.34. The van der Waals surface area contributed by atoms with Gasteiger partial charge in [0, 0.05) is 12.7 Å². The highest BCUT2D eigenvalue weighted by molar-refractivity contribution is 5.91. The summed E-state index contributed by atoms with van der Waals surface area (Å²) in [4.78, 5) is 18.3. The van der Waals surface area contributed by atoms with E-state index in [0.717, 1.165) is 17.1 Å². The van der Waals surface area contributed by atoms with Gasteiger partial charge in [0.15, 0.2) is 5.76 Å². The lowest BCUT2D eigenvalue weighted by molar-refractivity contribution is 0.0670. The Balaban J connectivity index is 1.48. The van der Waals surface area contributed by atoms with Gasteiger partial charge in [0.2, 0.25) is 0 Å². The lowest BCUT2D eigenvalue weighted by Gasteiger charge is -2.27. The molecule has 0 N–H and O–H groups in total. The Labute approximate surface area is 144 Å². The zero-order valence-corrected chi connectivity index (χ0v) is 13.8. The Morgan fingerprint density at radius 1 is 1.32 bits per heavy atom. The molecule has 0 aromatic carbocycles. The summed E-state index contributed by atoms with van der Waals surface area (Å²) in [6.45, 7) is 3.69. The van der Waals surface area contributed by atoms with Crippen LogP contribution in [0.15, 0.2) is 41.1 Å². The number of hydrogen-bond donors (Lipinski definition) is 0. The average molecular weight is 339 g/mol. The van der Waals surface area contributed by atoms with E-state index in [1.165, 1.54) is 0 Å². The number of rotatable bonds is 4. The second kappa shape index (κ2) is 6.39. The Hall–Kier alpha value is -3.16. The minimum absolute atomic E-state index is 0.125. The number of ether oxygens (including phenoxy) is 1. The quantitative estimate of drug-likeness (QED) is 0.720. The van der Waals surface area contributed by atoms with Crippen LogP contribution in [0.1, 0.15) is 27.7 Å². The minimum atomic E-state index is -0.125. The van der Waals surface area contributed by atoms with E-state index in [9.17, 15) is 4.79 Å². The molecule has 8 heteroatoms. The van der Waals surface area contributed by atoms with E-state index < -0.39 is 0 Å². The van der Waals surface area contributed by atoms with E-state index in [-0.39, 0.29) is 12.5 Å². The van der Waals surface area contributed by atoms with Gasteiger partial charge in [-0.1, -0.05) is 5.21 Å². The topological polar surface area (TPSA) is 86.3 Å². The van der Waals surface area contributed by atoms with Crippen LogP contribution in [-0.2, 0) is 19.7 Å². The fourth-order valence-electron chi connectivity index (χ4n) is 2.77. The summed E-state index contributed by atoms with van der Waals surface area (Å²) < 4.78 is 13.0. The van der Waals surface area contributed by atoms with Gasteiger partial charge in [-0.2, -0.15) is 0 Å². The molecule has 0 aliphatic carbocycles. The molecule has 3 aromatic rings. The molecule has 1 amide bonds. The molecule has 0 fully saturated rings. The monoisotopic (exact) mass is 339 g/mol. The van der Waals surface area contributed by atoms with Crippen molar-refractivity contribution >= 4 is 5.91 Å². The molecule has 4 rings (SSSR count). The standard InChI is InChI=1S/C17H17N5O3/c1-12-4-5-16(25-12)17(23)21-7-8-22-15(10-21)14(19-20-22)11-24-13-3-2-6-18-9-13/h2-6,9H,7-8,10-11H2,1H3. The van der Waals surface area contributed by atoms with Crippen LogP contribution in [0.4, 0.5) is 0 Å². The molecule has 0 radical (unpaired) electrons. The molecule has 3 aromatic heterocycles. The molecule has 25 heavy (non-hydrogen) atoms. The van der Waals surface area contributed by atoms with Gasteiger partial charge in [-0.3, -0.25) is 9.78 Å². The molecule has 0 bridgehead atoms. The van der Waals surface area contributed by atoms with Crippen molar-refractivity contribution in [2.45, 2.75) is 26.6 Å². The molecule has 8 nitrogen and oxygen atoms in total. The summed E-state index contributed by atoms with van der Waals surface area (Å²) in [7, 11) is 0. The smallest absolute Gasteiger partial charge is 0.289 e. The van der Waals surface area contributed by atoms with E-state index in [1.54, 1.807) is 29.4 Å². The molecule has 4 heterocycles. The number of carbonyl (C=O) groups is 1. The number of pyridine rings is 1. The maximum absolute atomic E-state index is 12.6. The maximum atomic E-state index is 12.6. The highest BCUT2D eigenvalue weighted by atomic mass is 16.5. The third-order valence-electron chi connectivity index (χ3n) is 4.09. The Bertz CT molecular complexity index is 887. The van der Waals surface area contributed by atoms with Crippen LogP contribution in [0.25, 0.3) is 0 Å². The van der Waals surface area contributed by atoms with Crippen LogP contribution in [0.2, 0.25) is 0 Å². The van der Waals surface area contributed by atoms with Crippen molar-refractivity contribution in [2.24, 2.45) is 0 Å². The van der Waals surface area contributed by atoms with Crippen molar-refractivity contribution in [3.63, 3.8) is 0 Å². The van der Waals surface area contributed by atoms with Crippen LogP contribution < -0.4 is 4.74 Å². The van der Waals surface area contributed by atoms with Crippen LogP contribution >= 0.6 is 0 Å². The Kier molecular flexibility index (Phi) is 3.93. The largest absolute Gasteiger partial charge is 0.486 e. The van der Waals surface area contributed by atoms with Gasteiger partial charge in [0.1, 0.15) is 23.8 Å². The maximum Gasteiger partial charge on any atom is 0.289 e. The molecular formula is C17H17N5O3. The van der Waals surface area contributed by atoms with E-state index in [2.05, 4.69) is 15.3 Å². The van der Waals surface area contributed by atoms with Crippen molar-refractivity contribution in [1.82, 2.24) is 24.9 Å². The molecule has 0 atom stereocenters. The summed E-state index contributed by atoms with van der Waals surface area (Å²) in [5.41, 5.74) is 1.60. The summed E-state index contributed by atoms with van der Waals surface area (Å²) >= 11 is 0. The first kappa shape index (κ1) is 15.4. The van der Waals surface area contributed by atoms with Crippen LogP contribution in [-0.4, -0.2) is 37.3 Å². The van der Waals surface area contributed by atoms with Crippen molar-refractivity contribution < 1.29 is 13.9 Å². The zero-order valence-electron chi connectivity index (χ0n) is 13.8. The van der Waals surface area contributed by atoms with E-state index in [4.69, 9.17) is 9.15 Å². The van der Waals surface area contributed by atoms with Gasteiger partial charge in [-0.15, -0.1) is 5.10 Å². The van der Waals surface area contributed by atoms with Crippen molar-refractivity contribution in [3.05, 3.63) is 59.6 Å². The van der Waals surface area contributed by atoms with E-state index in [1.807, 2.05) is 23.7 Å². The fraction of sp³-hybridized carbons (Fsp3) is 0.294. The van der Waals surface area contributed by atoms with Crippen LogP contribution in [0.5, 0.6) is 5.75 Å². The van der Waals surface area contributed by atoms with Gasteiger partial charge in [-0.25, -0.2) is 4.68 Å². The van der Waals surface area contributed by atoms with Gasteiger partial charge in [-0.05, 0) is 31.2 Å². The van der Waals surface area contributed by atoms with Gasteiger partial charge >= 0.3 is 0 Å². The normalized spacial score (nSPS) is 13.6.